The van der Waals surface area contributed by atoms with Crippen LogP contribution in [-0.4, -0.2) is 29.6 Å². The van der Waals surface area contributed by atoms with E-state index in [9.17, 15) is 9.59 Å². The number of aromatic amines is 1. The first-order chi connectivity index (χ1) is 13.2. The molecule has 1 aromatic heterocycles. The Hall–Kier alpha value is -2.63. The van der Waals surface area contributed by atoms with Crippen LogP contribution in [-0.2, 0) is 9.59 Å². The summed E-state index contributed by atoms with van der Waals surface area (Å²) in [5.41, 5.74) is 4.35. The highest BCUT2D eigenvalue weighted by Crippen LogP contribution is 2.15. The molecule has 1 heterocycles. The van der Waals surface area contributed by atoms with Crippen molar-refractivity contribution in [2.24, 2.45) is 5.10 Å². The number of carbonyl (C=O) groups is 2. The fraction of sp³-hybridized carbons (Fsp3) is 0.476. The third-order valence-electron chi connectivity index (χ3n) is 4.47. The van der Waals surface area contributed by atoms with Crippen LogP contribution in [0.3, 0.4) is 0 Å². The minimum absolute atomic E-state index is 0.0550. The maximum absolute atomic E-state index is 11.8. The number of fused-ring (bicyclic) bond motifs is 1. The number of amides is 2. The van der Waals surface area contributed by atoms with Crippen molar-refractivity contribution >= 4 is 28.9 Å². The van der Waals surface area contributed by atoms with E-state index >= 15 is 0 Å². The number of nitrogens with zero attached hydrogens (tertiary/aromatic N) is 1. The van der Waals surface area contributed by atoms with Crippen molar-refractivity contribution in [3.8, 4) is 0 Å². The molecule has 0 aliphatic carbocycles. The van der Waals surface area contributed by atoms with Crippen LogP contribution in [0.25, 0.3) is 10.9 Å². The van der Waals surface area contributed by atoms with Gasteiger partial charge in [0.05, 0.1) is 12.8 Å². The van der Waals surface area contributed by atoms with Gasteiger partial charge in [-0.15, -0.1) is 0 Å². The van der Waals surface area contributed by atoms with Crippen molar-refractivity contribution < 1.29 is 9.59 Å². The molecule has 0 fully saturated rings. The standard InChI is InChI=1S/C21H30N4O2/c1-2-3-4-5-6-7-8-13-20(26)23-16-21(27)25-24-15-17-14-22-19-12-10-9-11-18(17)19/h9-12,14-15,22H,2-8,13,16H2,1H3,(H,23,26)(H,25,27)/b24-15-. The number of rotatable bonds is 12. The van der Waals surface area contributed by atoms with Gasteiger partial charge in [0, 0.05) is 29.1 Å². The van der Waals surface area contributed by atoms with Crippen LogP contribution in [0.15, 0.2) is 35.6 Å². The molecule has 2 rings (SSSR count). The predicted molar refractivity (Wildman–Crippen MR) is 110 cm³/mol. The van der Waals surface area contributed by atoms with Crippen molar-refractivity contribution in [1.82, 2.24) is 15.7 Å². The first-order valence-corrected chi connectivity index (χ1v) is 9.85. The Bertz CT molecular complexity index is 751. The number of aromatic nitrogens is 1. The monoisotopic (exact) mass is 370 g/mol. The van der Waals surface area contributed by atoms with Gasteiger partial charge < -0.3 is 10.3 Å². The number of hydrogen-bond donors (Lipinski definition) is 3. The Kier molecular flexibility index (Phi) is 9.10. The highest BCUT2D eigenvalue weighted by Gasteiger charge is 2.05. The zero-order valence-electron chi connectivity index (χ0n) is 16.1. The quantitative estimate of drug-likeness (QED) is 0.301. The van der Waals surface area contributed by atoms with Gasteiger partial charge in [0.25, 0.3) is 5.91 Å². The highest BCUT2D eigenvalue weighted by atomic mass is 16.2. The molecular weight excluding hydrogens is 340 g/mol. The Morgan fingerprint density at radius 3 is 2.59 bits per heavy atom. The number of hydrazone groups is 1. The fourth-order valence-electron chi connectivity index (χ4n) is 2.92. The van der Waals surface area contributed by atoms with Crippen molar-refractivity contribution in [3.05, 3.63) is 36.0 Å². The second-order valence-electron chi connectivity index (χ2n) is 6.73. The maximum Gasteiger partial charge on any atom is 0.259 e. The zero-order chi connectivity index (χ0) is 19.3. The van der Waals surface area contributed by atoms with Crippen LogP contribution in [0.2, 0.25) is 0 Å². The maximum atomic E-state index is 11.8. The van der Waals surface area contributed by atoms with Crippen LogP contribution in [0.1, 0.15) is 63.9 Å². The lowest BCUT2D eigenvalue weighted by atomic mass is 10.1. The largest absolute Gasteiger partial charge is 0.361 e. The van der Waals surface area contributed by atoms with E-state index < -0.39 is 0 Å². The van der Waals surface area contributed by atoms with Gasteiger partial charge in [0.1, 0.15) is 0 Å². The van der Waals surface area contributed by atoms with E-state index in [-0.39, 0.29) is 18.4 Å². The van der Waals surface area contributed by atoms with Gasteiger partial charge in [0.15, 0.2) is 0 Å². The van der Waals surface area contributed by atoms with Gasteiger partial charge in [-0.05, 0) is 12.5 Å². The highest BCUT2D eigenvalue weighted by molar-refractivity contribution is 5.99. The van der Waals surface area contributed by atoms with Crippen LogP contribution in [0.5, 0.6) is 0 Å². The predicted octanol–water partition coefficient (Wildman–Crippen LogP) is 3.87. The molecule has 0 saturated heterocycles. The fourth-order valence-corrected chi connectivity index (χ4v) is 2.92. The second kappa shape index (κ2) is 11.9. The number of unbranched alkanes of at least 4 members (excludes halogenated alkanes) is 6. The summed E-state index contributed by atoms with van der Waals surface area (Å²) in [6.07, 6.45) is 12.1. The SMILES string of the molecule is CCCCCCCCCC(=O)NCC(=O)N/N=C\c1c[nH]c2ccccc12. The summed E-state index contributed by atoms with van der Waals surface area (Å²) in [5, 5.41) is 7.63. The average molecular weight is 370 g/mol. The summed E-state index contributed by atoms with van der Waals surface area (Å²) in [6, 6.07) is 7.87. The molecule has 6 heteroatoms. The van der Waals surface area contributed by atoms with E-state index in [1.165, 1.54) is 32.1 Å². The first-order valence-electron chi connectivity index (χ1n) is 9.85. The average Bonchev–Trinajstić information content (AvgIpc) is 3.09. The van der Waals surface area contributed by atoms with Crippen LogP contribution in [0, 0.1) is 0 Å². The van der Waals surface area contributed by atoms with Crippen molar-refractivity contribution in [3.63, 3.8) is 0 Å². The van der Waals surface area contributed by atoms with E-state index in [0.29, 0.717) is 6.42 Å². The Balaban J connectivity index is 1.58. The summed E-state index contributed by atoms with van der Waals surface area (Å²) in [7, 11) is 0. The van der Waals surface area contributed by atoms with Crippen molar-refractivity contribution in [2.45, 2.75) is 58.3 Å². The zero-order valence-corrected chi connectivity index (χ0v) is 16.1. The molecule has 3 N–H and O–H groups in total. The molecule has 1 aromatic carbocycles. The van der Waals surface area contributed by atoms with E-state index in [1.54, 1.807) is 6.21 Å². The number of hydrogen-bond acceptors (Lipinski definition) is 3. The van der Waals surface area contributed by atoms with Gasteiger partial charge in [-0.3, -0.25) is 9.59 Å². The molecule has 6 nitrogen and oxygen atoms in total. The van der Waals surface area contributed by atoms with Gasteiger partial charge in [-0.1, -0.05) is 63.6 Å². The number of carbonyl (C=O) groups excluding carboxylic acids is 2. The van der Waals surface area contributed by atoms with E-state index in [2.05, 4.69) is 27.8 Å². The minimum Gasteiger partial charge on any atom is -0.361 e. The van der Waals surface area contributed by atoms with Crippen molar-refractivity contribution in [1.29, 1.82) is 0 Å². The smallest absolute Gasteiger partial charge is 0.259 e. The molecule has 0 spiro atoms. The van der Waals surface area contributed by atoms with E-state index in [1.807, 2.05) is 30.5 Å². The summed E-state index contributed by atoms with van der Waals surface area (Å²) in [4.78, 5) is 26.7. The molecule has 0 atom stereocenters. The molecule has 2 amide bonds. The van der Waals surface area contributed by atoms with Crippen LogP contribution >= 0.6 is 0 Å². The van der Waals surface area contributed by atoms with E-state index in [0.717, 1.165) is 29.3 Å². The van der Waals surface area contributed by atoms with Crippen LogP contribution < -0.4 is 10.7 Å². The van der Waals surface area contributed by atoms with E-state index in [4.69, 9.17) is 0 Å². The Labute approximate surface area is 160 Å². The molecule has 0 bridgehead atoms. The lowest BCUT2D eigenvalue weighted by Gasteiger charge is -2.04. The topological polar surface area (TPSA) is 86.3 Å². The number of benzene rings is 1. The molecule has 0 saturated carbocycles. The first kappa shape index (κ1) is 20.7. The summed E-state index contributed by atoms with van der Waals surface area (Å²) < 4.78 is 0. The lowest BCUT2D eigenvalue weighted by Crippen LogP contribution is -2.34. The lowest BCUT2D eigenvalue weighted by molar-refractivity contribution is -0.126. The third-order valence-corrected chi connectivity index (χ3v) is 4.47. The summed E-state index contributed by atoms with van der Waals surface area (Å²) >= 11 is 0. The molecule has 2 aromatic rings. The molecule has 0 aliphatic heterocycles. The molecular formula is C21H30N4O2. The molecule has 27 heavy (non-hydrogen) atoms. The second-order valence-corrected chi connectivity index (χ2v) is 6.73. The molecule has 0 unspecified atom stereocenters. The molecule has 0 aliphatic rings. The Morgan fingerprint density at radius 2 is 1.78 bits per heavy atom. The van der Waals surface area contributed by atoms with Gasteiger partial charge in [0.2, 0.25) is 5.91 Å². The summed E-state index contributed by atoms with van der Waals surface area (Å²) in [6.45, 7) is 2.15. The Morgan fingerprint density at radius 1 is 1.04 bits per heavy atom. The van der Waals surface area contributed by atoms with Gasteiger partial charge in [-0.2, -0.15) is 5.10 Å². The van der Waals surface area contributed by atoms with Crippen LogP contribution in [0.4, 0.5) is 0 Å². The van der Waals surface area contributed by atoms with Gasteiger partial charge in [-0.25, -0.2) is 5.43 Å². The minimum atomic E-state index is -0.334. The number of H-pyrrole nitrogens is 1. The number of nitrogens with one attached hydrogen (secondary N) is 3. The third kappa shape index (κ3) is 7.64. The van der Waals surface area contributed by atoms with Gasteiger partial charge >= 0.3 is 0 Å². The normalized spacial score (nSPS) is 11.1. The summed E-state index contributed by atoms with van der Waals surface area (Å²) in [5.74, 6) is -0.418. The number of para-hydroxylation sites is 1. The van der Waals surface area contributed by atoms with Crippen molar-refractivity contribution in [2.75, 3.05) is 6.54 Å². The molecule has 146 valence electrons. The molecule has 0 radical (unpaired) electrons.